The maximum atomic E-state index is 5.84. The number of rotatable bonds is 3. The van der Waals surface area contributed by atoms with E-state index in [4.69, 9.17) is 5.73 Å². The Labute approximate surface area is 87.2 Å². The first-order valence-electron chi connectivity index (χ1n) is 4.68. The molecule has 0 spiro atoms. The zero-order valence-corrected chi connectivity index (χ0v) is 8.92. The topological polar surface area (TPSA) is 43.8 Å². The highest BCUT2D eigenvalue weighted by Crippen LogP contribution is 2.24. The quantitative estimate of drug-likeness (QED) is 0.840. The SMILES string of the molecule is CCCn1nc(-c2cccs2)cc1N. The number of anilines is 1. The molecule has 0 unspecified atom stereocenters. The van der Waals surface area contributed by atoms with E-state index < -0.39 is 0 Å². The molecule has 14 heavy (non-hydrogen) atoms. The fraction of sp³-hybridized carbons (Fsp3) is 0.300. The van der Waals surface area contributed by atoms with Crippen LogP contribution in [0, 0.1) is 0 Å². The van der Waals surface area contributed by atoms with Gasteiger partial charge in [0.1, 0.15) is 11.5 Å². The van der Waals surface area contributed by atoms with Crippen LogP contribution < -0.4 is 5.73 Å². The molecule has 0 saturated carbocycles. The van der Waals surface area contributed by atoms with Crippen molar-refractivity contribution in [2.45, 2.75) is 19.9 Å². The second-order valence-corrected chi connectivity index (χ2v) is 4.10. The summed E-state index contributed by atoms with van der Waals surface area (Å²) in [6.07, 6.45) is 1.05. The van der Waals surface area contributed by atoms with Crippen molar-refractivity contribution in [1.82, 2.24) is 9.78 Å². The molecular formula is C10H13N3S. The molecule has 0 bridgehead atoms. The summed E-state index contributed by atoms with van der Waals surface area (Å²) in [4.78, 5) is 1.17. The molecule has 0 aliphatic rings. The van der Waals surface area contributed by atoms with Gasteiger partial charge in [0.15, 0.2) is 0 Å². The molecule has 0 aliphatic heterocycles. The van der Waals surface area contributed by atoms with E-state index in [1.807, 2.05) is 22.2 Å². The van der Waals surface area contributed by atoms with Gasteiger partial charge in [-0.05, 0) is 17.9 Å². The molecule has 0 fully saturated rings. The van der Waals surface area contributed by atoms with Crippen LogP contribution in [-0.4, -0.2) is 9.78 Å². The third-order valence-electron chi connectivity index (χ3n) is 2.02. The van der Waals surface area contributed by atoms with Crippen LogP contribution in [0.5, 0.6) is 0 Å². The highest BCUT2D eigenvalue weighted by molar-refractivity contribution is 7.13. The van der Waals surface area contributed by atoms with Crippen molar-refractivity contribution >= 4 is 17.2 Å². The number of aryl methyl sites for hydroxylation is 1. The molecule has 0 atom stereocenters. The van der Waals surface area contributed by atoms with Crippen molar-refractivity contribution in [3.8, 4) is 10.6 Å². The average molecular weight is 207 g/mol. The summed E-state index contributed by atoms with van der Waals surface area (Å²) in [5, 5.41) is 6.49. The first-order chi connectivity index (χ1) is 6.81. The van der Waals surface area contributed by atoms with Gasteiger partial charge >= 0.3 is 0 Å². The molecule has 2 aromatic heterocycles. The van der Waals surface area contributed by atoms with Gasteiger partial charge in [-0.2, -0.15) is 5.10 Å². The molecule has 2 aromatic rings. The lowest BCUT2D eigenvalue weighted by molar-refractivity contribution is 0.613. The smallest absolute Gasteiger partial charge is 0.122 e. The molecule has 2 N–H and O–H groups in total. The summed E-state index contributed by atoms with van der Waals surface area (Å²) in [7, 11) is 0. The Hall–Kier alpha value is -1.29. The molecule has 2 rings (SSSR count). The average Bonchev–Trinajstić information content (AvgIpc) is 2.76. The molecule has 0 radical (unpaired) electrons. The fourth-order valence-electron chi connectivity index (χ4n) is 1.37. The van der Waals surface area contributed by atoms with Gasteiger partial charge in [-0.25, -0.2) is 4.68 Å². The molecule has 0 aliphatic carbocycles. The maximum absolute atomic E-state index is 5.84. The lowest BCUT2D eigenvalue weighted by Crippen LogP contribution is -2.03. The van der Waals surface area contributed by atoms with E-state index in [0.29, 0.717) is 0 Å². The number of thiophene rings is 1. The first kappa shape index (κ1) is 9.27. The first-order valence-corrected chi connectivity index (χ1v) is 5.56. The molecular weight excluding hydrogens is 194 g/mol. The Balaban J connectivity index is 2.33. The van der Waals surface area contributed by atoms with E-state index in [0.717, 1.165) is 24.5 Å². The van der Waals surface area contributed by atoms with Gasteiger partial charge in [0.2, 0.25) is 0 Å². The monoisotopic (exact) mass is 207 g/mol. The van der Waals surface area contributed by atoms with Crippen LogP contribution in [-0.2, 0) is 6.54 Å². The Morgan fingerprint density at radius 1 is 1.57 bits per heavy atom. The van der Waals surface area contributed by atoms with Gasteiger partial charge in [-0.3, -0.25) is 0 Å². The van der Waals surface area contributed by atoms with E-state index in [1.165, 1.54) is 4.88 Å². The molecule has 74 valence electrons. The third-order valence-corrected chi connectivity index (χ3v) is 2.91. The van der Waals surface area contributed by atoms with Gasteiger partial charge in [0, 0.05) is 12.6 Å². The van der Waals surface area contributed by atoms with Crippen LogP contribution in [0.3, 0.4) is 0 Å². The predicted molar refractivity (Wildman–Crippen MR) is 60.2 cm³/mol. The molecule has 0 saturated heterocycles. The second-order valence-electron chi connectivity index (χ2n) is 3.15. The Morgan fingerprint density at radius 3 is 3.07 bits per heavy atom. The minimum atomic E-state index is 0.746. The molecule has 4 heteroatoms. The molecule has 0 aromatic carbocycles. The Morgan fingerprint density at radius 2 is 2.43 bits per heavy atom. The highest BCUT2D eigenvalue weighted by Gasteiger charge is 2.06. The fourth-order valence-corrected chi connectivity index (χ4v) is 2.05. The highest BCUT2D eigenvalue weighted by atomic mass is 32.1. The normalized spacial score (nSPS) is 10.6. The van der Waals surface area contributed by atoms with Crippen LogP contribution in [0.15, 0.2) is 23.6 Å². The van der Waals surface area contributed by atoms with E-state index in [2.05, 4.69) is 18.1 Å². The Kier molecular flexibility index (Phi) is 2.54. The molecule has 3 nitrogen and oxygen atoms in total. The van der Waals surface area contributed by atoms with Gasteiger partial charge in [0.05, 0.1) is 4.88 Å². The van der Waals surface area contributed by atoms with Gasteiger partial charge in [-0.1, -0.05) is 13.0 Å². The number of nitrogen functional groups attached to an aromatic ring is 1. The third kappa shape index (κ3) is 1.65. The zero-order chi connectivity index (χ0) is 9.97. The van der Waals surface area contributed by atoms with Crippen LogP contribution >= 0.6 is 11.3 Å². The van der Waals surface area contributed by atoms with Gasteiger partial charge < -0.3 is 5.73 Å². The summed E-state index contributed by atoms with van der Waals surface area (Å²) >= 11 is 1.68. The van der Waals surface area contributed by atoms with Gasteiger partial charge in [-0.15, -0.1) is 11.3 Å². The van der Waals surface area contributed by atoms with Crippen molar-refractivity contribution in [2.24, 2.45) is 0 Å². The van der Waals surface area contributed by atoms with E-state index >= 15 is 0 Å². The summed E-state index contributed by atoms with van der Waals surface area (Å²) in [6, 6.07) is 6.01. The van der Waals surface area contributed by atoms with Crippen molar-refractivity contribution in [3.63, 3.8) is 0 Å². The summed E-state index contributed by atoms with van der Waals surface area (Å²) in [5.74, 6) is 0.746. The van der Waals surface area contributed by atoms with Crippen LogP contribution in [0.1, 0.15) is 13.3 Å². The number of hydrogen-bond donors (Lipinski definition) is 1. The minimum absolute atomic E-state index is 0.746. The summed E-state index contributed by atoms with van der Waals surface area (Å²) in [5.41, 5.74) is 6.82. The van der Waals surface area contributed by atoms with Crippen molar-refractivity contribution < 1.29 is 0 Å². The van der Waals surface area contributed by atoms with Crippen LogP contribution in [0.4, 0.5) is 5.82 Å². The molecule has 0 amide bonds. The standard InChI is InChI=1S/C10H13N3S/c1-2-5-13-10(11)7-8(12-13)9-4-3-6-14-9/h3-4,6-7H,2,5,11H2,1H3. The number of nitrogens with zero attached hydrogens (tertiary/aromatic N) is 2. The predicted octanol–water partition coefficient (Wildman–Crippen LogP) is 2.60. The van der Waals surface area contributed by atoms with E-state index in [9.17, 15) is 0 Å². The summed E-state index contributed by atoms with van der Waals surface area (Å²) in [6.45, 7) is 3.00. The van der Waals surface area contributed by atoms with Gasteiger partial charge in [0.25, 0.3) is 0 Å². The summed E-state index contributed by atoms with van der Waals surface area (Å²) < 4.78 is 1.86. The second kappa shape index (κ2) is 3.84. The van der Waals surface area contributed by atoms with E-state index in [-0.39, 0.29) is 0 Å². The van der Waals surface area contributed by atoms with Crippen molar-refractivity contribution in [1.29, 1.82) is 0 Å². The van der Waals surface area contributed by atoms with E-state index in [1.54, 1.807) is 11.3 Å². The van der Waals surface area contributed by atoms with Crippen molar-refractivity contribution in [3.05, 3.63) is 23.6 Å². The van der Waals surface area contributed by atoms with Crippen molar-refractivity contribution in [2.75, 3.05) is 5.73 Å². The number of aromatic nitrogens is 2. The molecule has 2 heterocycles. The maximum Gasteiger partial charge on any atom is 0.122 e. The number of hydrogen-bond acceptors (Lipinski definition) is 3. The lowest BCUT2D eigenvalue weighted by atomic mass is 10.3. The number of nitrogens with two attached hydrogens (primary N) is 1. The minimum Gasteiger partial charge on any atom is -0.384 e. The largest absolute Gasteiger partial charge is 0.384 e. The lowest BCUT2D eigenvalue weighted by Gasteiger charge is -1.98. The van der Waals surface area contributed by atoms with Crippen LogP contribution in [0.25, 0.3) is 10.6 Å². The van der Waals surface area contributed by atoms with Crippen LogP contribution in [0.2, 0.25) is 0 Å². The Bertz CT molecular complexity index is 403. The zero-order valence-electron chi connectivity index (χ0n) is 8.10.